The number of likely N-dealkylation sites (tertiary alicyclic amines) is 2. The highest BCUT2D eigenvalue weighted by Gasteiger charge is 2.40. The summed E-state index contributed by atoms with van der Waals surface area (Å²) in [5.41, 5.74) is 0.826. The van der Waals surface area contributed by atoms with Gasteiger partial charge in [0, 0.05) is 25.4 Å². The van der Waals surface area contributed by atoms with E-state index in [-0.39, 0.29) is 42.3 Å². The van der Waals surface area contributed by atoms with Crippen molar-refractivity contribution in [3.8, 4) is 5.75 Å². The fourth-order valence-electron chi connectivity index (χ4n) is 4.06. The number of hydrogen-bond donors (Lipinski definition) is 0. The number of fused-ring (bicyclic) bond motifs is 1. The molecule has 1 aromatic rings. The maximum absolute atomic E-state index is 13.4. The van der Waals surface area contributed by atoms with Gasteiger partial charge >= 0.3 is 6.03 Å². The molecule has 2 amide bonds. The van der Waals surface area contributed by atoms with Gasteiger partial charge in [-0.15, -0.1) is 0 Å². The Balaban J connectivity index is 1.23. The van der Waals surface area contributed by atoms with Crippen molar-refractivity contribution >= 4 is 11.8 Å². The smallest absolute Gasteiger partial charge is 0.320 e. The third kappa shape index (κ3) is 3.98. The SMILES string of the molecule is COc1cc(COC2CN(C(=O)N3CC[C@@H]4OCC(=O)C[C@@H]4C3)C2)ccc1F. The number of Topliss-reactive ketones (excluding diaryl/α,β-unsaturated/α-hetero) is 1. The fourth-order valence-corrected chi connectivity index (χ4v) is 4.06. The molecule has 0 aliphatic carbocycles. The van der Waals surface area contributed by atoms with Crippen LogP contribution in [0.1, 0.15) is 18.4 Å². The van der Waals surface area contributed by atoms with Crippen molar-refractivity contribution in [1.29, 1.82) is 0 Å². The molecule has 2 atom stereocenters. The fraction of sp³-hybridized carbons (Fsp3) is 0.600. The first-order chi connectivity index (χ1) is 13.5. The zero-order chi connectivity index (χ0) is 19.7. The van der Waals surface area contributed by atoms with Gasteiger partial charge in [0.25, 0.3) is 0 Å². The molecule has 0 spiro atoms. The van der Waals surface area contributed by atoms with E-state index in [0.717, 1.165) is 12.0 Å². The molecule has 28 heavy (non-hydrogen) atoms. The van der Waals surface area contributed by atoms with Gasteiger partial charge in [0.2, 0.25) is 0 Å². The number of amides is 2. The number of ketones is 1. The molecule has 3 saturated heterocycles. The molecule has 0 aromatic heterocycles. The van der Waals surface area contributed by atoms with Crippen molar-refractivity contribution in [3.63, 3.8) is 0 Å². The Morgan fingerprint density at radius 2 is 2.11 bits per heavy atom. The first kappa shape index (κ1) is 19.1. The lowest BCUT2D eigenvalue weighted by atomic mass is 9.88. The molecule has 0 radical (unpaired) electrons. The van der Waals surface area contributed by atoms with E-state index >= 15 is 0 Å². The van der Waals surface area contributed by atoms with Crippen molar-refractivity contribution in [2.75, 3.05) is 39.9 Å². The highest BCUT2D eigenvalue weighted by molar-refractivity contribution is 5.81. The van der Waals surface area contributed by atoms with Gasteiger partial charge in [-0.3, -0.25) is 4.79 Å². The van der Waals surface area contributed by atoms with Crippen LogP contribution in [0.25, 0.3) is 0 Å². The summed E-state index contributed by atoms with van der Waals surface area (Å²) in [7, 11) is 1.43. The van der Waals surface area contributed by atoms with Crippen LogP contribution in [0.3, 0.4) is 0 Å². The Morgan fingerprint density at radius 1 is 1.29 bits per heavy atom. The lowest BCUT2D eigenvalue weighted by Gasteiger charge is -2.45. The van der Waals surface area contributed by atoms with Crippen LogP contribution in [0.2, 0.25) is 0 Å². The quantitative estimate of drug-likeness (QED) is 0.782. The van der Waals surface area contributed by atoms with Crippen LogP contribution in [-0.4, -0.2) is 73.7 Å². The van der Waals surface area contributed by atoms with Gasteiger partial charge in [-0.2, -0.15) is 0 Å². The van der Waals surface area contributed by atoms with Crippen molar-refractivity contribution in [1.82, 2.24) is 9.80 Å². The number of urea groups is 1. The summed E-state index contributed by atoms with van der Waals surface area (Å²) in [6.07, 6.45) is 1.35. The summed E-state index contributed by atoms with van der Waals surface area (Å²) in [5.74, 6) is 0.0201. The highest BCUT2D eigenvalue weighted by Crippen LogP contribution is 2.28. The van der Waals surface area contributed by atoms with Crippen LogP contribution in [0.15, 0.2) is 18.2 Å². The van der Waals surface area contributed by atoms with E-state index < -0.39 is 5.82 Å². The summed E-state index contributed by atoms with van der Waals surface area (Å²) in [6.45, 7) is 2.86. The van der Waals surface area contributed by atoms with Gasteiger partial charge in [-0.25, -0.2) is 9.18 Å². The normalized spacial score (nSPS) is 25.3. The minimum Gasteiger partial charge on any atom is -0.494 e. The highest BCUT2D eigenvalue weighted by atomic mass is 19.1. The van der Waals surface area contributed by atoms with Crippen molar-refractivity contribution in [2.24, 2.45) is 5.92 Å². The molecule has 4 rings (SSSR count). The van der Waals surface area contributed by atoms with Gasteiger partial charge in [0.05, 0.1) is 39.0 Å². The topological polar surface area (TPSA) is 68.3 Å². The predicted octanol–water partition coefficient (Wildman–Crippen LogP) is 1.83. The van der Waals surface area contributed by atoms with E-state index in [2.05, 4.69) is 0 Å². The average molecular weight is 392 g/mol. The van der Waals surface area contributed by atoms with Gasteiger partial charge in [-0.1, -0.05) is 6.07 Å². The molecule has 152 valence electrons. The molecule has 7 nitrogen and oxygen atoms in total. The van der Waals surface area contributed by atoms with E-state index in [0.29, 0.717) is 39.2 Å². The minimum absolute atomic E-state index is 0.000209. The molecule has 3 heterocycles. The van der Waals surface area contributed by atoms with Crippen LogP contribution >= 0.6 is 0 Å². The summed E-state index contributed by atoms with van der Waals surface area (Å²) in [4.78, 5) is 27.9. The van der Waals surface area contributed by atoms with Crippen molar-refractivity contribution in [3.05, 3.63) is 29.6 Å². The number of benzene rings is 1. The molecule has 3 aliphatic rings. The van der Waals surface area contributed by atoms with Crippen LogP contribution in [0.4, 0.5) is 9.18 Å². The number of ether oxygens (including phenoxy) is 3. The Morgan fingerprint density at radius 3 is 2.89 bits per heavy atom. The van der Waals surface area contributed by atoms with Gasteiger partial charge in [-0.05, 0) is 24.1 Å². The van der Waals surface area contributed by atoms with Crippen LogP contribution in [0, 0.1) is 11.7 Å². The van der Waals surface area contributed by atoms with E-state index in [4.69, 9.17) is 14.2 Å². The van der Waals surface area contributed by atoms with Crippen molar-refractivity contribution < 1.29 is 28.2 Å². The second-order valence-electron chi connectivity index (χ2n) is 7.68. The van der Waals surface area contributed by atoms with Crippen LogP contribution < -0.4 is 4.74 Å². The summed E-state index contributed by atoms with van der Waals surface area (Å²) < 4.78 is 29.8. The van der Waals surface area contributed by atoms with E-state index in [1.807, 2.05) is 4.90 Å². The monoisotopic (exact) mass is 392 g/mol. The lowest BCUT2D eigenvalue weighted by Crippen LogP contribution is -2.61. The van der Waals surface area contributed by atoms with Crippen LogP contribution in [-0.2, 0) is 20.9 Å². The first-order valence-corrected chi connectivity index (χ1v) is 9.64. The molecule has 0 bridgehead atoms. The predicted molar refractivity (Wildman–Crippen MR) is 97.5 cm³/mol. The average Bonchev–Trinajstić information content (AvgIpc) is 2.67. The molecule has 0 unspecified atom stereocenters. The Bertz CT molecular complexity index is 752. The molecule has 1 aromatic carbocycles. The minimum atomic E-state index is -0.402. The van der Waals surface area contributed by atoms with Gasteiger partial charge in [0.15, 0.2) is 17.3 Å². The Hall–Kier alpha value is -2.19. The third-order valence-corrected chi connectivity index (χ3v) is 5.70. The number of piperidine rings is 1. The molecule has 8 heteroatoms. The third-order valence-electron chi connectivity index (χ3n) is 5.70. The van der Waals surface area contributed by atoms with Gasteiger partial charge in [0.1, 0.15) is 6.61 Å². The Kier molecular flexibility index (Phi) is 5.50. The number of rotatable bonds is 4. The van der Waals surface area contributed by atoms with E-state index in [1.165, 1.54) is 13.2 Å². The summed E-state index contributed by atoms with van der Waals surface area (Å²) in [5, 5.41) is 0. The number of halogens is 1. The second-order valence-corrected chi connectivity index (χ2v) is 7.68. The zero-order valence-corrected chi connectivity index (χ0v) is 15.9. The van der Waals surface area contributed by atoms with Crippen LogP contribution in [0.5, 0.6) is 5.75 Å². The zero-order valence-electron chi connectivity index (χ0n) is 15.9. The number of hydrogen-bond acceptors (Lipinski definition) is 5. The van der Waals surface area contributed by atoms with E-state index in [1.54, 1.807) is 17.0 Å². The molecule has 3 fully saturated rings. The standard InChI is InChI=1S/C20H25FN2O5/c1-26-19-6-13(2-3-17(19)21)11-27-16-9-23(10-16)20(25)22-5-4-18-14(8-22)7-15(24)12-28-18/h2-3,6,14,16,18H,4-5,7-12H2,1H3/t14-,18+/m1/s1. The van der Waals surface area contributed by atoms with E-state index in [9.17, 15) is 14.0 Å². The number of nitrogens with zero attached hydrogens (tertiary/aromatic N) is 2. The number of carbonyl (C=O) groups is 2. The summed E-state index contributed by atoms with van der Waals surface area (Å²) >= 11 is 0. The molecule has 0 saturated carbocycles. The number of carbonyl (C=O) groups excluding carboxylic acids is 2. The maximum atomic E-state index is 13.4. The second kappa shape index (κ2) is 8.05. The largest absolute Gasteiger partial charge is 0.494 e. The lowest BCUT2D eigenvalue weighted by molar-refractivity contribution is -0.140. The molecule has 0 N–H and O–H groups in total. The molecular weight excluding hydrogens is 367 g/mol. The van der Waals surface area contributed by atoms with Crippen molar-refractivity contribution in [2.45, 2.75) is 31.7 Å². The van der Waals surface area contributed by atoms with Gasteiger partial charge < -0.3 is 24.0 Å². The summed E-state index contributed by atoms with van der Waals surface area (Å²) in [6, 6.07) is 4.64. The number of methoxy groups -OCH3 is 1. The first-order valence-electron chi connectivity index (χ1n) is 9.64. The molecule has 3 aliphatic heterocycles. The maximum Gasteiger partial charge on any atom is 0.320 e. The molecular formula is C20H25FN2O5. The Labute approximate surface area is 163 Å².